The minimum Gasteiger partial charge on any atom is -0.494 e. The van der Waals surface area contributed by atoms with Gasteiger partial charge in [0.05, 0.1) is 29.6 Å². The molecule has 0 unspecified atom stereocenters. The zero-order valence-corrected chi connectivity index (χ0v) is 17.7. The molecule has 2 N–H and O–H groups in total. The number of halogens is 3. The maximum atomic E-state index is 14.2. The number of benzene rings is 2. The van der Waals surface area contributed by atoms with Crippen LogP contribution in [-0.2, 0) is 4.79 Å². The second-order valence-corrected chi connectivity index (χ2v) is 7.28. The first kappa shape index (κ1) is 22.5. The fourth-order valence-corrected chi connectivity index (χ4v) is 3.41. The summed E-state index contributed by atoms with van der Waals surface area (Å²) in [5, 5.41) is 12.3. The number of aliphatic carboxylic acids is 1. The maximum absolute atomic E-state index is 14.2. The third kappa shape index (κ3) is 5.13. The minimum absolute atomic E-state index is 0.0291. The maximum Gasteiger partial charge on any atom is 0.305 e. The van der Waals surface area contributed by atoms with E-state index in [2.05, 4.69) is 10.3 Å². The molecule has 160 valence electrons. The number of carbonyl (C=O) groups is 2. The quantitative estimate of drug-likeness (QED) is 0.506. The molecule has 0 radical (unpaired) electrons. The molecule has 0 aliphatic heterocycles. The van der Waals surface area contributed by atoms with Crippen LogP contribution in [0.15, 0.2) is 54.6 Å². The van der Waals surface area contributed by atoms with Crippen LogP contribution in [0, 0.1) is 5.82 Å². The second kappa shape index (κ2) is 9.76. The number of hydrogen-bond acceptors (Lipinski definition) is 4. The molecule has 0 saturated heterocycles. The van der Waals surface area contributed by atoms with E-state index in [1.54, 1.807) is 24.3 Å². The lowest BCUT2D eigenvalue weighted by Gasteiger charge is -2.18. The van der Waals surface area contributed by atoms with Crippen molar-refractivity contribution in [3.8, 4) is 17.0 Å². The summed E-state index contributed by atoms with van der Waals surface area (Å²) in [6.45, 7) is 0. The molecule has 2 aromatic carbocycles. The monoisotopic (exact) mass is 462 g/mol. The van der Waals surface area contributed by atoms with Crippen molar-refractivity contribution in [2.24, 2.45) is 0 Å². The first-order chi connectivity index (χ1) is 14.8. The lowest BCUT2D eigenvalue weighted by atomic mass is 10.0. The van der Waals surface area contributed by atoms with Crippen molar-refractivity contribution in [2.45, 2.75) is 12.5 Å². The standard InChI is InChI=1S/C22H17Cl2FN2O4/c1-31-18-10-9-16(26-21(18)13-6-4-7-14(23)20(13)24)22(30)27-17(11-19(28)29)12-5-2-3-8-15(12)25/h2-10,17H,11H2,1H3,(H,27,30)(H,28,29)/t17-/m0/s1. The Hall–Kier alpha value is -3.16. The highest BCUT2D eigenvalue weighted by atomic mass is 35.5. The van der Waals surface area contributed by atoms with E-state index >= 15 is 0 Å². The van der Waals surface area contributed by atoms with Crippen molar-refractivity contribution in [1.29, 1.82) is 0 Å². The molecule has 1 heterocycles. The van der Waals surface area contributed by atoms with E-state index in [0.717, 1.165) is 0 Å². The van der Waals surface area contributed by atoms with Gasteiger partial charge in [-0.3, -0.25) is 9.59 Å². The Bertz CT molecular complexity index is 1140. The molecule has 0 bridgehead atoms. The van der Waals surface area contributed by atoms with Crippen LogP contribution in [0.3, 0.4) is 0 Å². The van der Waals surface area contributed by atoms with Gasteiger partial charge in [-0.05, 0) is 24.3 Å². The molecule has 0 spiro atoms. The summed E-state index contributed by atoms with van der Waals surface area (Å²) in [5.74, 6) is -2.14. The van der Waals surface area contributed by atoms with Crippen molar-refractivity contribution in [3.63, 3.8) is 0 Å². The molecule has 1 aromatic heterocycles. The Morgan fingerprint density at radius 1 is 1.13 bits per heavy atom. The van der Waals surface area contributed by atoms with Crippen LogP contribution in [0.4, 0.5) is 4.39 Å². The number of carboxylic acids is 1. The predicted molar refractivity (Wildman–Crippen MR) is 115 cm³/mol. The Kier molecular flexibility index (Phi) is 7.09. The van der Waals surface area contributed by atoms with Crippen molar-refractivity contribution >= 4 is 35.1 Å². The predicted octanol–water partition coefficient (Wildman–Crippen LogP) is 5.15. The minimum atomic E-state index is -1.19. The van der Waals surface area contributed by atoms with Crippen LogP contribution in [0.2, 0.25) is 10.0 Å². The van der Waals surface area contributed by atoms with Gasteiger partial charge in [-0.25, -0.2) is 9.37 Å². The van der Waals surface area contributed by atoms with Gasteiger partial charge in [-0.15, -0.1) is 0 Å². The summed E-state index contributed by atoms with van der Waals surface area (Å²) in [7, 11) is 1.44. The average molecular weight is 463 g/mol. The van der Waals surface area contributed by atoms with Gasteiger partial charge < -0.3 is 15.2 Å². The summed E-state index contributed by atoms with van der Waals surface area (Å²) in [4.78, 5) is 28.5. The Morgan fingerprint density at radius 3 is 2.55 bits per heavy atom. The van der Waals surface area contributed by atoms with Crippen LogP contribution in [0.5, 0.6) is 5.75 Å². The Balaban J connectivity index is 1.98. The van der Waals surface area contributed by atoms with Gasteiger partial charge >= 0.3 is 5.97 Å². The van der Waals surface area contributed by atoms with Gasteiger partial charge in [-0.2, -0.15) is 0 Å². The fourth-order valence-electron chi connectivity index (χ4n) is 3.02. The van der Waals surface area contributed by atoms with Crippen LogP contribution in [0.1, 0.15) is 28.5 Å². The van der Waals surface area contributed by atoms with E-state index in [4.69, 9.17) is 27.9 Å². The number of nitrogens with zero attached hydrogens (tertiary/aromatic N) is 1. The lowest BCUT2D eigenvalue weighted by Crippen LogP contribution is -2.31. The van der Waals surface area contributed by atoms with Gasteiger partial charge in [0.2, 0.25) is 0 Å². The van der Waals surface area contributed by atoms with E-state index in [-0.39, 0.29) is 22.0 Å². The molecule has 6 nitrogen and oxygen atoms in total. The van der Waals surface area contributed by atoms with Crippen LogP contribution in [-0.4, -0.2) is 29.1 Å². The number of amides is 1. The van der Waals surface area contributed by atoms with Gasteiger partial charge in [0, 0.05) is 11.1 Å². The number of carboxylic acid groups (broad SMARTS) is 1. The highest BCUT2D eigenvalue weighted by molar-refractivity contribution is 6.43. The van der Waals surface area contributed by atoms with E-state index in [9.17, 15) is 19.1 Å². The number of ether oxygens (including phenoxy) is 1. The highest BCUT2D eigenvalue weighted by Gasteiger charge is 2.23. The number of methoxy groups -OCH3 is 1. The summed E-state index contributed by atoms with van der Waals surface area (Å²) in [5.41, 5.74) is 0.767. The van der Waals surface area contributed by atoms with Crippen LogP contribution in [0.25, 0.3) is 11.3 Å². The normalized spacial score (nSPS) is 11.6. The van der Waals surface area contributed by atoms with Crippen molar-refractivity contribution < 1.29 is 23.8 Å². The topological polar surface area (TPSA) is 88.5 Å². The van der Waals surface area contributed by atoms with Crippen molar-refractivity contribution in [2.75, 3.05) is 7.11 Å². The molecular weight excluding hydrogens is 446 g/mol. The first-order valence-corrected chi connectivity index (χ1v) is 9.84. The lowest BCUT2D eigenvalue weighted by molar-refractivity contribution is -0.137. The molecule has 1 atom stereocenters. The fraction of sp³-hybridized carbons (Fsp3) is 0.136. The molecule has 0 aliphatic carbocycles. The number of rotatable bonds is 7. The number of carbonyl (C=O) groups excluding carboxylic acids is 1. The van der Waals surface area contributed by atoms with E-state index in [1.165, 1.54) is 37.4 Å². The molecule has 3 rings (SSSR count). The summed E-state index contributed by atoms with van der Waals surface area (Å²) >= 11 is 12.4. The summed E-state index contributed by atoms with van der Waals surface area (Å²) in [6.07, 6.45) is -0.504. The smallest absolute Gasteiger partial charge is 0.305 e. The van der Waals surface area contributed by atoms with Crippen LogP contribution >= 0.6 is 23.2 Å². The van der Waals surface area contributed by atoms with Gasteiger partial charge in [0.15, 0.2) is 0 Å². The summed E-state index contributed by atoms with van der Waals surface area (Å²) < 4.78 is 19.5. The number of pyridine rings is 1. The van der Waals surface area contributed by atoms with E-state index in [0.29, 0.717) is 16.3 Å². The third-order valence-electron chi connectivity index (χ3n) is 4.48. The second-order valence-electron chi connectivity index (χ2n) is 6.49. The number of nitrogens with one attached hydrogen (secondary N) is 1. The molecule has 0 saturated carbocycles. The van der Waals surface area contributed by atoms with Crippen LogP contribution < -0.4 is 10.1 Å². The van der Waals surface area contributed by atoms with Gasteiger partial charge in [-0.1, -0.05) is 53.5 Å². The number of hydrogen-bond donors (Lipinski definition) is 2. The first-order valence-electron chi connectivity index (χ1n) is 9.08. The van der Waals surface area contributed by atoms with Crippen molar-refractivity contribution in [1.82, 2.24) is 10.3 Å². The zero-order chi connectivity index (χ0) is 22.5. The van der Waals surface area contributed by atoms with Gasteiger partial charge in [0.25, 0.3) is 5.91 Å². The van der Waals surface area contributed by atoms with Gasteiger partial charge in [0.1, 0.15) is 23.0 Å². The highest BCUT2D eigenvalue weighted by Crippen LogP contribution is 2.37. The molecule has 0 aliphatic rings. The van der Waals surface area contributed by atoms with E-state index < -0.39 is 30.2 Å². The molecular formula is C22H17Cl2FN2O4. The molecule has 0 fully saturated rings. The zero-order valence-electron chi connectivity index (χ0n) is 16.2. The molecule has 31 heavy (non-hydrogen) atoms. The van der Waals surface area contributed by atoms with Crippen molar-refractivity contribution in [3.05, 3.63) is 81.7 Å². The largest absolute Gasteiger partial charge is 0.494 e. The Labute approximate surface area is 187 Å². The number of aromatic nitrogens is 1. The Morgan fingerprint density at radius 2 is 1.87 bits per heavy atom. The molecule has 9 heteroatoms. The summed E-state index contributed by atoms with van der Waals surface area (Å²) in [6, 6.07) is 12.5. The molecule has 3 aromatic rings. The van der Waals surface area contributed by atoms with E-state index in [1.807, 2.05) is 0 Å². The molecule has 1 amide bonds. The average Bonchev–Trinajstić information content (AvgIpc) is 2.74. The third-order valence-corrected chi connectivity index (χ3v) is 5.30. The SMILES string of the molecule is COc1ccc(C(=O)N[C@@H](CC(=O)O)c2ccccc2F)nc1-c1cccc(Cl)c1Cl.